The van der Waals surface area contributed by atoms with Gasteiger partial charge in [0.05, 0.1) is 12.0 Å². The number of hydrogen-bond donors (Lipinski definition) is 1. The maximum atomic E-state index is 12.2. The number of piperazine rings is 3. The van der Waals surface area contributed by atoms with Crippen LogP contribution in [0.1, 0.15) is 28.0 Å². The Morgan fingerprint density at radius 1 is 1.27 bits per heavy atom. The Labute approximate surface area is 157 Å². The Morgan fingerprint density at radius 3 is 2.69 bits per heavy atom. The van der Waals surface area contributed by atoms with Crippen molar-refractivity contribution in [1.29, 1.82) is 0 Å². The van der Waals surface area contributed by atoms with Gasteiger partial charge in [0, 0.05) is 45.3 Å². The summed E-state index contributed by atoms with van der Waals surface area (Å²) in [6.07, 6.45) is 0. The molecule has 2 aromatic heterocycles. The number of rotatable bonds is 5. The number of nitrogens with one attached hydrogen (secondary N) is 1. The number of nitrogens with zero attached hydrogens (tertiary/aromatic N) is 4. The number of thiophene rings is 1. The molecule has 0 spiro atoms. The molecule has 1 atom stereocenters. The van der Waals surface area contributed by atoms with E-state index in [1.165, 1.54) is 24.4 Å². The quantitative estimate of drug-likeness (QED) is 0.800. The zero-order chi connectivity index (χ0) is 18.3. The van der Waals surface area contributed by atoms with Crippen molar-refractivity contribution in [2.45, 2.75) is 26.8 Å². The number of aryl methyl sites for hydroxylation is 2. The SMILES string of the molecule is CCOC(=O)c1sc2nc(C)nc(NCC3CN4CCN3CC4)c2c1C. The molecule has 2 bridgehead atoms. The van der Waals surface area contributed by atoms with Crippen LogP contribution in [0.25, 0.3) is 10.2 Å². The van der Waals surface area contributed by atoms with Crippen LogP contribution in [0.5, 0.6) is 0 Å². The van der Waals surface area contributed by atoms with Gasteiger partial charge in [0.2, 0.25) is 0 Å². The molecule has 0 amide bonds. The van der Waals surface area contributed by atoms with E-state index < -0.39 is 0 Å². The van der Waals surface area contributed by atoms with Crippen LogP contribution < -0.4 is 5.32 Å². The minimum Gasteiger partial charge on any atom is -0.462 e. The number of aromatic nitrogens is 2. The van der Waals surface area contributed by atoms with Gasteiger partial charge in [-0.3, -0.25) is 9.80 Å². The predicted molar refractivity (Wildman–Crippen MR) is 103 cm³/mol. The zero-order valence-corrected chi connectivity index (χ0v) is 16.4. The topological polar surface area (TPSA) is 70.6 Å². The molecule has 3 aliphatic heterocycles. The third kappa shape index (κ3) is 3.17. The van der Waals surface area contributed by atoms with E-state index in [0.717, 1.165) is 47.8 Å². The molecule has 8 heteroatoms. The van der Waals surface area contributed by atoms with Gasteiger partial charge < -0.3 is 10.1 Å². The summed E-state index contributed by atoms with van der Waals surface area (Å²) in [6, 6.07) is 0.506. The Hall–Kier alpha value is -1.77. The normalized spacial score (nSPS) is 24.8. The molecule has 1 N–H and O–H groups in total. The number of fused-ring (bicyclic) bond motifs is 4. The zero-order valence-electron chi connectivity index (χ0n) is 15.5. The monoisotopic (exact) mass is 375 g/mol. The molecule has 2 aromatic rings. The van der Waals surface area contributed by atoms with E-state index in [1.54, 1.807) is 0 Å². The van der Waals surface area contributed by atoms with Crippen molar-refractivity contribution in [3.05, 3.63) is 16.3 Å². The Kier molecular flexibility index (Phi) is 4.81. The molecule has 0 saturated carbocycles. The van der Waals surface area contributed by atoms with Crippen LogP contribution in [0.3, 0.4) is 0 Å². The summed E-state index contributed by atoms with van der Waals surface area (Å²) in [5, 5.41) is 4.49. The van der Waals surface area contributed by atoms with E-state index in [1.807, 2.05) is 20.8 Å². The van der Waals surface area contributed by atoms with E-state index in [0.29, 0.717) is 23.4 Å². The predicted octanol–water partition coefficient (Wildman–Crippen LogP) is 1.90. The molecule has 5 rings (SSSR count). The molecule has 140 valence electrons. The molecular weight excluding hydrogens is 350 g/mol. The van der Waals surface area contributed by atoms with E-state index in [4.69, 9.17) is 4.74 Å². The third-order valence-electron chi connectivity index (χ3n) is 5.26. The second-order valence-corrected chi connectivity index (χ2v) is 7.95. The number of esters is 1. The fraction of sp³-hybridized carbons (Fsp3) is 0.611. The summed E-state index contributed by atoms with van der Waals surface area (Å²) in [5.74, 6) is 1.26. The Morgan fingerprint density at radius 2 is 2.04 bits per heavy atom. The van der Waals surface area contributed by atoms with Crippen LogP contribution in [-0.2, 0) is 4.74 Å². The number of ether oxygens (including phenoxy) is 1. The van der Waals surface area contributed by atoms with Crippen LogP contribution in [0.15, 0.2) is 0 Å². The number of hydrogen-bond acceptors (Lipinski definition) is 8. The summed E-state index contributed by atoms with van der Waals surface area (Å²) < 4.78 is 5.19. The van der Waals surface area contributed by atoms with Crippen molar-refractivity contribution in [3.63, 3.8) is 0 Å². The molecule has 7 nitrogen and oxygen atoms in total. The summed E-state index contributed by atoms with van der Waals surface area (Å²) in [7, 11) is 0. The Balaban J connectivity index is 1.61. The minimum absolute atomic E-state index is 0.278. The average Bonchev–Trinajstić information content (AvgIpc) is 2.97. The van der Waals surface area contributed by atoms with Gasteiger partial charge in [0.1, 0.15) is 21.3 Å². The second kappa shape index (κ2) is 7.09. The van der Waals surface area contributed by atoms with Gasteiger partial charge in [-0.25, -0.2) is 14.8 Å². The van der Waals surface area contributed by atoms with Gasteiger partial charge in [-0.15, -0.1) is 11.3 Å². The number of carbonyl (C=O) groups excluding carboxylic acids is 1. The van der Waals surface area contributed by atoms with E-state index in [2.05, 4.69) is 25.1 Å². The lowest BCUT2D eigenvalue weighted by Crippen LogP contribution is -2.62. The molecule has 26 heavy (non-hydrogen) atoms. The van der Waals surface area contributed by atoms with Crippen LogP contribution >= 0.6 is 11.3 Å². The van der Waals surface area contributed by atoms with Crippen LogP contribution in [0.2, 0.25) is 0 Å². The lowest BCUT2D eigenvalue weighted by Gasteiger charge is -2.47. The molecule has 0 aromatic carbocycles. The molecule has 0 aliphatic carbocycles. The number of carbonyl (C=O) groups is 1. The first kappa shape index (κ1) is 17.6. The Bertz CT molecular complexity index is 829. The first-order valence-electron chi connectivity index (χ1n) is 9.22. The molecular formula is C18H25N5O2S. The highest BCUT2D eigenvalue weighted by Gasteiger charge is 2.31. The standard InChI is InChI=1S/C18H25N5O2S/c1-4-25-18(24)15-11(2)14-16(20-12(3)21-17(14)26-15)19-9-13-10-22-5-7-23(13)8-6-22/h13H,4-10H2,1-3H3,(H,19,20,21). The summed E-state index contributed by atoms with van der Waals surface area (Å²) in [4.78, 5) is 27.9. The van der Waals surface area contributed by atoms with Crippen molar-refractivity contribution < 1.29 is 9.53 Å². The van der Waals surface area contributed by atoms with Gasteiger partial charge in [-0.2, -0.15) is 0 Å². The lowest BCUT2D eigenvalue weighted by molar-refractivity contribution is 0.0189. The van der Waals surface area contributed by atoms with E-state index >= 15 is 0 Å². The summed E-state index contributed by atoms with van der Waals surface area (Å²) >= 11 is 1.39. The minimum atomic E-state index is -0.278. The molecule has 3 saturated heterocycles. The maximum Gasteiger partial charge on any atom is 0.348 e. The lowest BCUT2D eigenvalue weighted by atomic mass is 10.1. The van der Waals surface area contributed by atoms with Gasteiger partial charge in [-0.05, 0) is 26.3 Å². The van der Waals surface area contributed by atoms with Gasteiger partial charge in [0.25, 0.3) is 0 Å². The number of anilines is 1. The van der Waals surface area contributed by atoms with Gasteiger partial charge in [-0.1, -0.05) is 0 Å². The van der Waals surface area contributed by atoms with Crippen LogP contribution in [0.4, 0.5) is 5.82 Å². The maximum absolute atomic E-state index is 12.2. The van der Waals surface area contributed by atoms with Gasteiger partial charge >= 0.3 is 5.97 Å². The van der Waals surface area contributed by atoms with Crippen molar-refractivity contribution in [2.75, 3.05) is 51.2 Å². The highest BCUT2D eigenvalue weighted by molar-refractivity contribution is 7.20. The molecule has 3 fully saturated rings. The fourth-order valence-electron chi connectivity index (χ4n) is 3.90. The summed E-state index contributed by atoms with van der Waals surface area (Å²) in [6.45, 7) is 12.7. The highest BCUT2D eigenvalue weighted by atomic mass is 32.1. The van der Waals surface area contributed by atoms with Crippen molar-refractivity contribution >= 4 is 33.3 Å². The molecule has 0 radical (unpaired) electrons. The average molecular weight is 375 g/mol. The summed E-state index contributed by atoms with van der Waals surface area (Å²) in [5.41, 5.74) is 0.903. The molecule has 1 unspecified atom stereocenters. The largest absolute Gasteiger partial charge is 0.462 e. The molecule has 5 heterocycles. The van der Waals surface area contributed by atoms with Crippen LogP contribution in [0, 0.1) is 13.8 Å². The van der Waals surface area contributed by atoms with Crippen molar-refractivity contribution in [2.24, 2.45) is 0 Å². The molecule has 3 aliphatic rings. The smallest absolute Gasteiger partial charge is 0.348 e. The van der Waals surface area contributed by atoms with Crippen molar-refractivity contribution in [1.82, 2.24) is 19.8 Å². The van der Waals surface area contributed by atoms with Crippen molar-refractivity contribution in [3.8, 4) is 0 Å². The van der Waals surface area contributed by atoms with Gasteiger partial charge in [0.15, 0.2) is 0 Å². The highest BCUT2D eigenvalue weighted by Crippen LogP contribution is 2.34. The van der Waals surface area contributed by atoms with E-state index in [9.17, 15) is 4.79 Å². The third-order valence-corrected chi connectivity index (χ3v) is 6.43. The first-order chi connectivity index (χ1) is 12.6. The van der Waals surface area contributed by atoms with Crippen LogP contribution in [-0.4, -0.2) is 77.7 Å². The first-order valence-corrected chi connectivity index (χ1v) is 10.0. The fourth-order valence-corrected chi connectivity index (χ4v) is 5.02. The van der Waals surface area contributed by atoms with E-state index in [-0.39, 0.29) is 5.97 Å². The second-order valence-electron chi connectivity index (χ2n) is 6.95.